The summed E-state index contributed by atoms with van der Waals surface area (Å²) < 4.78 is 0. The normalized spacial score (nSPS) is 34.2. The van der Waals surface area contributed by atoms with Crippen molar-refractivity contribution in [2.24, 2.45) is 5.92 Å². The molecular weight excluding hydrogens is 122 g/mol. The van der Waals surface area contributed by atoms with E-state index < -0.39 is 0 Å². The van der Waals surface area contributed by atoms with Crippen LogP contribution in [0.5, 0.6) is 0 Å². The van der Waals surface area contributed by atoms with Crippen molar-refractivity contribution >= 4 is 0 Å². The molecule has 0 radical (unpaired) electrons. The van der Waals surface area contributed by atoms with Crippen LogP contribution in [0.15, 0.2) is 0 Å². The molecule has 0 amide bonds. The molecule has 0 saturated carbocycles. The number of rotatable bonds is 0. The average molecular weight is 141 g/mol. The predicted octanol–water partition coefficient (Wildman–Crippen LogP) is 2.13. The fourth-order valence-electron chi connectivity index (χ4n) is 1.83. The van der Waals surface area contributed by atoms with E-state index in [1.165, 1.54) is 19.4 Å². The maximum Gasteiger partial charge on any atom is 0.0152 e. The van der Waals surface area contributed by atoms with Crippen LogP contribution in [0.1, 0.15) is 33.6 Å². The lowest BCUT2D eigenvalue weighted by Crippen LogP contribution is -2.46. The van der Waals surface area contributed by atoms with E-state index in [1.54, 1.807) is 0 Å². The van der Waals surface area contributed by atoms with Gasteiger partial charge in [0.15, 0.2) is 0 Å². The van der Waals surface area contributed by atoms with Crippen LogP contribution < -0.4 is 0 Å². The van der Waals surface area contributed by atoms with Crippen LogP contribution in [0.25, 0.3) is 0 Å². The number of piperidine rings is 1. The fourth-order valence-corrected chi connectivity index (χ4v) is 1.83. The molecule has 0 spiro atoms. The van der Waals surface area contributed by atoms with Gasteiger partial charge in [0, 0.05) is 5.54 Å². The van der Waals surface area contributed by atoms with Crippen molar-refractivity contribution in [2.75, 3.05) is 13.6 Å². The largest absolute Gasteiger partial charge is 0.301 e. The van der Waals surface area contributed by atoms with E-state index in [4.69, 9.17) is 0 Å². The van der Waals surface area contributed by atoms with E-state index in [0.717, 1.165) is 5.92 Å². The Morgan fingerprint density at radius 2 is 2.00 bits per heavy atom. The first-order valence-electron chi connectivity index (χ1n) is 4.23. The molecule has 1 saturated heterocycles. The molecule has 1 atom stereocenters. The maximum atomic E-state index is 2.47. The number of hydrogen-bond donors (Lipinski definition) is 0. The van der Waals surface area contributed by atoms with E-state index >= 15 is 0 Å². The Morgan fingerprint density at radius 3 is 2.40 bits per heavy atom. The molecule has 1 aliphatic heterocycles. The highest BCUT2D eigenvalue weighted by Gasteiger charge is 2.29. The van der Waals surface area contributed by atoms with Gasteiger partial charge in [0.05, 0.1) is 0 Å². The van der Waals surface area contributed by atoms with E-state index in [9.17, 15) is 0 Å². The van der Waals surface area contributed by atoms with Crippen molar-refractivity contribution in [1.82, 2.24) is 4.90 Å². The van der Waals surface area contributed by atoms with Crippen molar-refractivity contribution in [1.29, 1.82) is 0 Å². The SMILES string of the molecule is C[C@@H]1CCN(C)C(C)(C)C1. The molecule has 1 nitrogen and oxygen atoms in total. The van der Waals surface area contributed by atoms with Crippen molar-refractivity contribution in [3.8, 4) is 0 Å². The summed E-state index contributed by atoms with van der Waals surface area (Å²) in [6.07, 6.45) is 2.73. The third-order valence-electron chi connectivity index (χ3n) is 2.84. The zero-order chi connectivity index (χ0) is 7.78. The van der Waals surface area contributed by atoms with Gasteiger partial charge in [0.2, 0.25) is 0 Å². The second-order valence-electron chi connectivity index (χ2n) is 4.33. The summed E-state index contributed by atoms with van der Waals surface area (Å²) in [5, 5.41) is 0. The Bertz CT molecular complexity index is 118. The molecule has 1 heteroatoms. The second-order valence-corrected chi connectivity index (χ2v) is 4.33. The van der Waals surface area contributed by atoms with Crippen LogP contribution in [0.2, 0.25) is 0 Å². The van der Waals surface area contributed by atoms with Crippen molar-refractivity contribution in [3.63, 3.8) is 0 Å². The fraction of sp³-hybridized carbons (Fsp3) is 1.00. The molecule has 10 heavy (non-hydrogen) atoms. The molecule has 1 heterocycles. The smallest absolute Gasteiger partial charge is 0.0152 e. The van der Waals surface area contributed by atoms with Crippen molar-refractivity contribution in [2.45, 2.75) is 39.2 Å². The highest BCUT2D eigenvalue weighted by Crippen LogP contribution is 2.29. The Labute approximate surface area is 64.4 Å². The first kappa shape index (κ1) is 8.06. The number of likely N-dealkylation sites (tertiary alicyclic amines) is 1. The summed E-state index contributed by atoms with van der Waals surface area (Å²) in [4.78, 5) is 2.47. The standard InChI is InChI=1S/C9H19N/c1-8-5-6-10(4)9(2,3)7-8/h8H,5-7H2,1-4H3/t8-/m1/s1. The van der Waals surface area contributed by atoms with Gasteiger partial charge in [-0.25, -0.2) is 0 Å². The first-order chi connectivity index (χ1) is 4.52. The van der Waals surface area contributed by atoms with Gasteiger partial charge in [-0.1, -0.05) is 6.92 Å². The maximum absolute atomic E-state index is 2.47. The lowest BCUT2D eigenvalue weighted by Gasteiger charge is -2.42. The van der Waals surface area contributed by atoms with E-state index in [-0.39, 0.29) is 0 Å². The summed E-state index contributed by atoms with van der Waals surface area (Å²) in [5.74, 6) is 0.922. The molecule has 0 aromatic carbocycles. The van der Waals surface area contributed by atoms with Crippen LogP contribution in [-0.4, -0.2) is 24.0 Å². The van der Waals surface area contributed by atoms with Crippen molar-refractivity contribution < 1.29 is 0 Å². The number of nitrogens with zero attached hydrogens (tertiary/aromatic N) is 1. The summed E-state index contributed by atoms with van der Waals surface area (Å²) >= 11 is 0. The Morgan fingerprint density at radius 1 is 1.40 bits per heavy atom. The van der Waals surface area contributed by atoms with Gasteiger partial charge >= 0.3 is 0 Å². The Hall–Kier alpha value is -0.0400. The summed E-state index contributed by atoms with van der Waals surface area (Å²) in [7, 11) is 2.23. The lowest BCUT2D eigenvalue weighted by molar-refractivity contribution is 0.0782. The van der Waals surface area contributed by atoms with E-state index in [0.29, 0.717) is 5.54 Å². The molecule has 60 valence electrons. The summed E-state index contributed by atoms with van der Waals surface area (Å²) in [5.41, 5.74) is 0.442. The summed E-state index contributed by atoms with van der Waals surface area (Å²) in [6.45, 7) is 8.30. The third kappa shape index (κ3) is 1.51. The molecule has 0 aliphatic carbocycles. The highest BCUT2D eigenvalue weighted by atomic mass is 15.2. The average Bonchev–Trinajstić information content (AvgIpc) is 1.78. The van der Waals surface area contributed by atoms with Crippen LogP contribution >= 0.6 is 0 Å². The van der Waals surface area contributed by atoms with Crippen molar-refractivity contribution in [3.05, 3.63) is 0 Å². The zero-order valence-corrected chi connectivity index (χ0v) is 7.65. The minimum absolute atomic E-state index is 0.442. The van der Waals surface area contributed by atoms with Gasteiger partial charge in [-0.05, 0) is 46.2 Å². The Kier molecular flexibility index (Phi) is 2.04. The van der Waals surface area contributed by atoms with Gasteiger partial charge in [0.1, 0.15) is 0 Å². The molecule has 1 rings (SSSR count). The van der Waals surface area contributed by atoms with Crippen LogP contribution in [-0.2, 0) is 0 Å². The zero-order valence-electron chi connectivity index (χ0n) is 7.65. The molecule has 0 bridgehead atoms. The summed E-state index contributed by atoms with van der Waals surface area (Å²) in [6, 6.07) is 0. The minimum atomic E-state index is 0.442. The topological polar surface area (TPSA) is 3.24 Å². The van der Waals surface area contributed by atoms with E-state index in [2.05, 4.69) is 32.7 Å². The second kappa shape index (κ2) is 2.54. The van der Waals surface area contributed by atoms with E-state index in [1.807, 2.05) is 0 Å². The molecule has 1 aliphatic rings. The molecule has 0 N–H and O–H groups in total. The van der Waals surface area contributed by atoms with Crippen LogP contribution in [0, 0.1) is 5.92 Å². The van der Waals surface area contributed by atoms with Gasteiger partial charge in [-0.2, -0.15) is 0 Å². The molecule has 0 aromatic rings. The predicted molar refractivity (Wildman–Crippen MR) is 45.1 cm³/mol. The molecule has 0 aromatic heterocycles. The molecule has 0 unspecified atom stereocenters. The minimum Gasteiger partial charge on any atom is -0.301 e. The third-order valence-corrected chi connectivity index (χ3v) is 2.84. The molecule has 1 fully saturated rings. The Balaban J connectivity index is 2.55. The van der Waals surface area contributed by atoms with Crippen LogP contribution in [0.3, 0.4) is 0 Å². The highest BCUT2D eigenvalue weighted by molar-refractivity contribution is 4.85. The van der Waals surface area contributed by atoms with Crippen LogP contribution in [0.4, 0.5) is 0 Å². The monoisotopic (exact) mass is 141 g/mol. The van der Waals surface area contributed by atoms with Gasteiger partial charge in [-0.3, -0.25) is 0 Å². The number of hydrogen-bond acceptors (Lipinski definition) is 1. The van der Waals surface area contributed by atoms with Gasteiger partial charge in [0.25, 0.3) is 0 Å². The first-order valence-corrected chi connectivity index (χ1v) is 4.23. The van der Waals surface area contributed by atoms with Gasteiger partial charge in [-0.15, -0.1) is 0 Å². The van der Waals surface area contributed by atoms with Gasteiger partial charge < -0.3 is 4.90 Å². The quantitative estimate of drug-likeness (QED) is 0.499. The lowest BCUT2D eigenvalue weighted by atomic mass is 9.84. The molecular formula is C9H19N.